The predicted molar refractivity (Wildman–Crippen MR) is 170 cm³/mol. The van der Waals surface area contributed by atoms with E-state index in [0.29, 0.717) is 37.3 Å². The second-order valence-electron chi connectivity index (χ2n) is 10.7. The number of sulfonamides is 1. The first-order chi connectivity index (χ1) is 20.7. The average Bonchev–Trinajstić information content (AvgIpc) is 3.11. The molecule has 228 valence electrons. The number of rotatable bonds is 11. The van der Waals surface area contributed by atoms with Crippen LogP contribution in [-0.4, -0.2) is 71.1 Å². The minimum atomic E-state index is -3.57. The van der Waals surface area contributed by atoms with E-state index in [4.69, 9.17) is 4.74 Å². The van der Waals surface area contributed by atoms with Crippen LogP contribution in [0.2, 0.25) is 0 Å². The number of nitrogens with one attached hydrogen (secondary N) is 2. The van der Waals surface area contributed by atoms with Crippen LogP contribution in [0.3, 0.4) is 0 Å². The van der Waals surface area contributed by atoms with E-state index in [2.05, 4.69) is 10.6 Å². The molecule has 0 aromatic heterocycles. The summed E-state index contributed by atoms with van der Waals surface area (Å²) in [5.74, 6) is 0.329. The highest BCUT2D eigenvalue weighted by Crippen LogP contribution is 2.44. The molecule has 10 nitrogen and oxygen atoms in total. The van der Waals surface area contributed by atoms with Gasteiger partial charge in [0.25, 0.3) is 5.91 Å². The Morgan fingerprint density at radius 3 is 2.51 bits per heavy atom. The molecule has 3 aromatic rings. The van der Waals surface area contributed by atoms with Crippen LogP contribution < -0.4 is 29.5 Å². The Labute approximate surface area is 253 Å². The molecule has 0 saturated carbocycles. The van der Waals surface area contributed by atoms with Crippen LogP contribution >= 0.6 is 0 Å². The molecule has 0 radical (unpaired) electrons. The summed E-state index contributed by atoms with van der Waals surface area (Å²) < 4.78 is 32.6. The normalized spacial score (nSPS) is 16.7. The molecule has 3 aromatic carbocycles. The van der Waals surface area contributed by atoms with E-state index < -0.39 is 22.2 Å². The van der Waals surface area contributed by atoms with E-state index in [9.17, 15) is 18.3 Å². The molecule has 1 amide bonds. The van der Waals surface area contributed by atoms with Gasteiger partial charge in [-0.1, -0.05) is 42.5 Å². The Morgan fingerprint density at radius 2 is 1.77 bits per heavy atom. The lowest BCUT2D eigenvalue weighted by Gasteiger charge is -2.34. The summed E-state index contributed by atoms with van der Waals surface area (Å²) in [7, 11) is -0.424. The third kappa shape index (κ3) is 6.79. The minimum absolute atomic E-state index is 0.0380. The summed E-state index contributed by atoms with van der Waals surface area (Å²) in [6.45, 7) is 3.73. The highest BCUT2D eigenvalue weighted by atomic mass is 32.2. The molecule has 0 unspecified atom stereocenters. The molecule has 11 heteroatoms. The van der Waals surface area contributed by atoms with Gasteiger partial charge >= 0.3 is 0 Å². The van der Waals surface area contributed by atoms with Crippen molar-refractivity contribution < 1.29 is 23.1 Å². The van der Waals surface area contributed by atoms with Crippen molar-refractivity contribution in [2.75, 3.05) is 53.6 Å². The molecule has 0 spiro atoms. The first-order valence-electron chi connectivity index (χ1n) is 14.4. The van der Waals surface area contributed by atoms with E-state index in [1.54, 1.807) is 19.2 Å². The molecule has 2 aliphatic heterocycles. The zero-order valence-corrected chi connectivity index (χ0v) is 25.5. The van der Waals surface area contributed by atoms with E-state index >= 15 is 0 Å². The van der Waals surface area contributed by atoms with Crippen LogP contribution in [0.5, 0.6) is 5.75 Å². The molecule has 43 heavy (non-hydrogen) atoms. The highest BCUT2D eigenvalue weighted by Gasteiger charge is 2.34. The van der Waals surface area contributed by atoms with Gasteiger partial charge in [-0.15, -0.1) is 0 Å². The molecule has 5 rings (SSSR count). The first-order valence-corrected chi connectivity index (χ1v) is 16.0. The van der Waals surface area contributed by atoms with E-state index in [-0.39, 0.29) is 18.2 Å². The summed E-state index contributed by atoms with van der Waals surface area (Å²) in [6, 6.07) is 20.2. The highest BCUT2D eigenvalue weighted by molar-refractivity contribution is 7.92. The average molecular weight is 606 g/mol. The number of carbonyl (C=O) groups is 1. The zero-order valence-electron chi connectivity index (χ0n) is 24.7. The Bertz CT molecular complexity index is 1580. The van der Waals surface area contributed by atoms with Crippen LogP contribution in [0.4, 0.5) is 17.1 Å². The number of aliphatic hydroxyl groups is 1. The molecular formula is C32H39N5O5S. The molecule has 2 atom stereocenters. The lowest BCUT2D eigenvalue weighted by atomic mass is 10.00. The number of benzene rings is 3. The lowest BCUT2D eigenvalue weighted by molar-refractivity contribution is 0.0830. The Kier molecular flexibility index (Phi) is 9.24. The molecule has 3 N–H and O–H groups in total. The summed E-state index contributed by atoms with van der Waals surface area (Å²) in [5, 5.41) is 17.6. The van der Waals surface area contributed by atoms with Crippen LogP contribution in [0.15, 0.2) is 79.1 Å². The Morgan fingerprint density at radius 1 is 1.02 bits per heavy atom. The van der Waals surface area contributed by atoms with Crippen molar-refractivity contribution in [3.63, 3.8) is 0 Å². The Hall–Kier alpha value is -4.06. The monoisotopic (exact) mass is 605 g/mol. The second-order valence-corrected chi connectivity index (χ2v) is 12.9. The van der Waals surface area contributed by atoms with Gasteiger partial charge in [-0.25, -0.2) is 8.42 Å². The third-order valence-corrected chi connectivity index (χ3v) is 9.67. The topological polar surface area (TPSA) is 114 Å². The molecule has 0 aliphatic carbocycles. The van der Waals surface area contributed by atoms with Crippen LogP contribution in [0.25, 0.3) is 0 Å². The van der Waals surface area contributed by atoms with Crippen LogP contribution in [-0.2, 0) is 23.0 Å². The van der Waals surface area contributed by atoms with E-state index in [1.165, 1.54) is 11.4 Å². The maximum atomic E-state index is 13.8. The van der Waals surface area contributed by atoms with E-state index in [1.807, 2.05) is 83.7 Å². The fourth-order valence-corrected chi connectivity index (χ4v) is 6.60. The van der Waals surface area contributed by atoms with Crippen LogP contribution in [0, 0.1) is 0 Å². The van der Waals surface area contributed by atoms with Crippen molar-refractivity contribution in [1.82, 2.24) is 10.6 Å². The smallest absolute Gasteiger partial charge is 0.251 e. The van der Waals surface area contributed by atoms with Crippen molar-refractivity contribution in [3.05, 3.63) is 95.8 Å². The largest absolute Gasteiger partial charge is 0.497 e. The first kappa shape index (κ1) is 30.4. The number of ether oxygens (including phenoxy) is 1. The zero-order chi connectivity index (χ0) is 30.6. The third-order valence-electron chi connectivity index (χ3n) is 7.94. The van der Waals surface area contributed by atoms with Gasteiger partial charge in [0.15, 0.2) is 0 Å². The summed E-state index contributed by atoms with van der Waals surface area (Å²) in [6.07, 6.45) is 3.30. The van der Waals surface area contributed by atoms with Gasteiger partial charge in [-0.3, -0.25) is 9.10 Å². The standard InChI is InChI=1S/C32H39N5O5S/c1-4-36-13-14-37-15-16-43(40,41)35(2)28-19-25(20-29(36)31(28)37)32(39)34-27(18-23-9-6-5-7-10-23)30(38)22-33-21-24-11-8-12-26(17-24)42-3/h5-14,17,19-20,27,30,33,38H,4,15-16,18,21-22H2,1-3H3,(H,34,39)/t27-,30+/m0/s1. The van der Waals surface area contributed by atoms with Gasteiger partial charge in [-0.05, 0) is 48.7 Å². The maximum absolute atomic E-state index is 13.8. The number of aliphatic hydroxyl groups excluding tert-OH is 1. The number of methoxy groups -OCH3 is 1. The van der Waals surface area contributed by atoms with E-state index in [0.717, 1.165) is 28.3 Å². The quantitative estimate of drug-likeness (QED) is 0.306. The maximum Gasteiger partial charge on any atom is 0.251 e. The van der Waals surface area contributed by atoms with Crippen molar-refractivity contribution in [2.24, 2.45) is 0 Å². The second kappa shape index (κ2) is 13.1. The number of nitrogens with zero attached hydrogens (tertiary/aromatic N) is 3. The van der Waals surface area contributed by atoms with Crippen molar-refractivity contribution in [2.45, 2.75) is 32.0 Å². The fourth-order valence-electron chi connectivity index (χ4n) is 5.46. The van der Waals surface area contributed by atoms with Gasteiger partial charge in [-0.2, -0.15) is 0 Å². The number of hydrogen-bond donors (Lipinski definition) is 3. The number of amides is 1. The molecule has 2 heterocycles. The Balaban J connectivity index is 1.40. The SMILES string of the molecule is CCN1C=CN2CCS(=O)(=O)N(C)c3cc(C(=O)N[C@@H](Cc4ccccc4)[C@H](O)CNCc4cccc(OC)c4)cc1c32. The van der Waals surface area contributed by atoms with Crippen molar-refractivity contribution in [1.29, 1.82) is 0 Å². The molecule has 0 saturated heterocycles. The fraction of sp³-hybridized carbons (Fsp3) is 0.344. The van der Waals surface area contributed by atoms with Gasteiger partial charge in [0.2, 0.25) is 10.0 Å². The van der Waals surface area contributed by atoms with Gasteiger partial charge in [0, 0.05) is 51.2 Å². The van der Waals surface area contributed by atoms with Gasteiger partial charge in [0.05, 0.1) is 42.1 Å². The summed E-state index contributed by atoms with van der Waals surface area (Å²) in [5.41, 5.74) is 4.27. The van der Waals surface area contributed by atoms with Crippen molar-refractivity contribution >= 4 is 33.0 Å². The predicted octanol–water partition coefficient (Wildman–Crippen LogP) is 3.08. The van der Waals surface area contributed by atoms with Crippen molar-refractivity contribution in [3.8, 4) is 5.75 Å². The van der Waals surface area contributed by atoms with Gasteiger partial charge in [0.1, 0.15) is 5.75 Å². The lowest BCUT2D eigenvalue weighted by Crippen LogP contribution is -2.48. The summed E-state index contributed by atoms with van der Waals surface area (Å²) in [4.78, 5) is 17.8. The minimum Gasteiger partial charge on any atom is -0.497 e. The number of anilines is 3. The molecule has 0 fully saturated rings. The number of carbonyl (C=O) groups excluding carboxylic acids is 1. The molecular weight excluding hydrogens is 566 g/mol. The summed E-state index contributed by atoms with van der Waals surface area (Å²) >= 11 is 0. The van der Waals surface area contributed by atoms with Crippen LogP contribution in [0.1, 0.15) is 28.4 Å². The molecule has 0 bridgehead atoms. The number of hydrogen-bond acceptors (Lipinski definition) is 8. The van der Waals surface area contributed by atoms with Gasteiger partial charge < -0.3 is 30.3 Å². The molecule has 2 aliphatic rings.